The highest BCUT2D eigenvalue weighted by Crippen LogP contribution is 2.15. The quantitative estimate of drug-likeness (QED) is 0.728. The lowest BCUT2D eigenvalue weighted by atomic mass is 10.1. The Morgan fingerprint density at radius 1 is 0.962 bits per heavy atom. The molecule has 6 nitrogen and oxygen atoms in total. The number of anilines is 1. The number of nitrogens with one attached hydrogen (secondary N) is 2. The average molecular weight is 374 g/mol. The lowest BCUT2D eigenvalue weighted by molar-refractivity contribution is 0.101. The first-order valence-electron chi connectivity index (χ1n) is 8.27. The third-order valence-electron chi connectivity index (χ3n) is 3.94. The maximum atomic E-state index is 12.3. The van der Waals surface area contributed by atoms with Gasteiger partial charge in [-0.25, -0.2) is 13.1 Å². The smallest absolute Gasteiger partial charge is 0.255 e. The van der Waals surface area contributed by atoms with E-state index in [1.54, 1.807) is 31.2 Å². The molecule has 0 bridgehead atoms. The summed E-state index contributed by atoms with van der Waals surface area (Å²) in [7, 11) is -3.60. The Bertz CT molecular complexity index is 888. The topological polar surface area (TPSA) is 92.3 Å². The van der Waals surface area contributed by atoms with Crippen molar-refractivity contribution in [2.75, 3.05) is 5.32 Å². The minimum absolute atomic E-state index is 0.0503. The number of hydrogen-bond donors (Lipinski definition) is 2. The first-order valence-corrected chi connectivity index (χ1v) is 9.76. The van der Waals surface area contributed by atoms with Gasteiger partial charge in [0, 0.05) is 22.9 Å². The Balaban J connectivity index is 2.10. The highest BCUT2D eigenvalue weighted by Gasteiger charge is 2.17. The number of benzene rings is 2. The molecule has 0 saturated heterocycles. The monoisotopic (exact) mass is 374 g/mol. The van der Waals surface area contributed by atoms with Gasteiger partial charge < -0.3 is 5.32 Å². The van der Waals surface area contributed by atoms with Gasteiger partial charge in [-0.05, 0) is 68.8 Å². The highest BCUT2D eigenvalue weighted by atomic mass is 32.2. The van der Waals surface area contributed by atoms with Crippen LogP contribution in [0.25, 0.3) is 0 Å². The number of rotatable bonds is 7. The highest BCUT2D eigenvalue weighted by molar-refractivity contribution is 7.89. The molecule has 0 aliphatic carbocycles. The van der Waals surface area contributed by atoms with E-state index in [9.17, 15) is 18.0 Å². The van der Waals surface area contributed by atoms with Crippen LogP contribution in [-0.2, 0) is 10.0 Å². The first kappa shape index (κ1) is 19.8. The molecule has 26 heavy (non-hydrogen) atoms. The van der Waals surface area contributed by atoms with Crippen LogP contribution in [-0.4, -0.2) is 26.2 Å². The van der Waals surface area contributed by atoms with Gasteiger partial charge in [-0.1, -0.05) is 6.92 Å². The number of carbonyl (C=O) groups is 2. The molecule has 2 N–H and O–H groups in total. The number of carbonyl (C=O) groups excluding carboxylic acids is 2. The fourth-order valence-electron chi connectivity index (χ4n) is 2.19. The second-order valence-electron chi connectivity index (χ2n) is 6.04. The van der Waals surface area contributed by atoms with E-state index in [-0.39, 0.29) is 22.6 Å². The fourth-order valence-corrected chi connectivity index (χ4v) is 3.52. The van der Waals surface area contributed by atoms with E-state index in [4.69, 9.17) is 0 Å². The Labute approximate surface area is 153 Å². The Morgan fingerprint density at radius 2 is 1.50 bits per heavy atom. The van der Waals surface area contributed by atoms with Crippen LogP contribution in [0, 0.1) is 0 Å². The van der Waals surface area contributed by atoms with Gasteiger partial charge in [0.2, 0.25) is 10.0 Å². The van der Waals surface area contributed by atoms with Crippen molar-refractivity contribution < 1.29 is 18.0 Å². The molecule has 1 unspecified atom stereocenters. The average Bonchev–Trinajstić information content (AvgIpc) is 2.61. The van der Waals surface area contributed by atoms with E-state index in [0.29, 0.717) is 23.2 Å². The van der Waals surface area contributed by atoms with Crippen LogP contribution < -0.4 is 10.0 Å². The van der Waals surface area contributed by atoms with Crippen molar-refractivity contribution in [1.29, 1.82) is 0 Å². The summed E-state index contributed by atoms with van der Waals surface area (Å²) in [6, 6.07) is 12.1. The Hall–Kier alpha value is -2.51. The van der Waals surface area contributed by atoms with E-state index < -0.39 is 10.0 Å². The second-order valence-corrected chi connectivity index (χ2v) is 7.76. The summed E-state index contributed by atoms with van der Waals surface area (Å²) in [6.07, 6.45) is 0.683. The third kappa shape index (κ3) is 5.00. The normalized spacial score (nSPS) is 12.4. The number of hydrogen-bond acceptors (Lipinski definition) is 4. The molecular formula is C19H22N2O4S. The van der Waals surface area contributed by atoms with Gasteiger partial charge in [-0.2, -0.15) is 0 Å². The third-order valence-corrected chi connectivity index (χ3v) is 5.55. The summed E-state index contributed by atoms with van der Waals surface area (Å²) in [5.41, 5.74) is 1.45. The van der Waals surface area contributed by atoms with E-state index in [1.165, 1.54) is 31.2 Å². The van der Waals surface area contributed by atoms with Crippen LogP contribution in [0.4, 0.5) is 5.69 Å². The van der Waals surface area contributed by atoms with Gasteiger partial charge in [0.25, 0.3) is 5.91 Å². The molecule has 2 rings (SSSR count). The van der Waals surface area contributed by atoms with Gasteiger partial charge in [-0.3, -0.25) is 9.59 Å². The minimum Gasteiger partial charge on any atom is -0.322 e. The van der Waals surface area contributed by atoms with Gasteiger partial charge in [-0.15, -0.1) is 0 Å². The van der Waals surface area contributed by atoms with Crippen LogP contribution >= 0.6 is 0 Å². The summed E-state index contributed by atoms with van der Waals surface area (Å²) >= 11 is 0. The van der Waals surface area contributed by atoms with E-state index in [1.807, 2.05) is 6.92 Å². The van der Waals surface area contributed by atoms with Gasteiger partial charge in [0.15, 0.2) is 5.78 Å². The molecule has 2 aromatic rings. The van der Waals surface area contributed by atoms with Crippen molar-refractivity contribution in [2.45, 2.75) is 38.1 Å². The minimum atomic E-state index is -3.60. The number of Topliss-reactive ketones (excluding diaryl/α,β-unsaturated/α-hetero) is 1. The summed E-state index contributed by atoms with van der Waals surface area (Å²) in [5, 5.41) is 2.71. The zero-order valence-electron chi connectivity index (χ0n) is 14.9. The van der Waals surface area contributed by atoms with Crippen LogP contribution in [0.3, 0.4) is 0 Å². The molecule has 0 aliphatic rings. The fraction of sp³-hybridized carbons (Fsp3) is 0.263. The van der Waals surface area contributed by atoms with E-state index >= 15 is 0 Å². The summed E-state index contributed by atoms with van der Waals surface area (Å²) < 4.78 is 27.0. The first-order chi connectivity index (χ1) is 12.2. The lowest BCUT2D eigenvalue weighted by Crippen LogP contribution is -2.32. The van der Waals surface area contributed by atoms with Crippen LogP contribution in [0.2, 0.25) is 0 Å². The zero-order valence-corrected chi connectivity index (χ0v) is 15.8. The summed E-state index contributed by atoms with van der Waals surface area (Å²) in [5.74, 6) is -0.412. The molecule has 0 heterocycles. The maximum absolute atomic E-state index is 12.3. The maximum Gasteiger partial charge on any atom is 0.255 e. The van der Waals surface area contributed by atoms with Crippen LogP contribution in [0.5, 0.6) is 0 Å². The predicted molar refractivity (Wildman–Crippen MR) is 101 cm³/mol. The van der Waals surface area contributed by atoms with Gasteiger partial charge in [0.05, 0.1) is 4.90 Å². The molecule has 138 valence electrons. The molecule has 0 spiro atoms. The number of amides is 1. The van der Waals surface area contributed by atoms with Crippen molar-refractivity contribution in [2.24, 2.45) is 0 Å². The molecular weight excluding hydrogens is 352 g/mol. The molecule has 1 atom stereocenters. The van der Waals surface area contributed by atoms with Gasteiger partial charge in [0.1, 0.15) is 0 Å². The van der Waals surface area contributed by atoms with Crippen LogP contribution in [0.1, 0.15) is 47.9 Å². The van der Waals surface area contributed by atoms with E-state index in [0.717, 1.165) is 0 Å². The summed E-state index contributed by atoms with van der Waals surface area (Å²) in [4.78, 5) is 23.6. The van der Waals surface area contributed by atoms with Crippen molar-refractivity contribution >= 4 is 27.4 Å². The number of sulfonamides is 1. The van der Waals surface area contributed by atoms with Crippen molar-refractivity contribution in [3.05, 3.63) is 59.7 Å². The summed E-state index contributed by atoms with van der Waals surface area (Å²) in [6.45, 7) is 5.15. The van der Waals surface area contributed by atoms with Gasteiger partial charge >= 0.3 is 0 Å². The molecule has 7 heteroatoms. The predicted octanol–water partition coefficient (Wildman–Crippen LogP) is 3.22. The molecule has 0 radical (unpaired) electrons. The molecule has 2 aromatic carbocycles. The Kier molecular flexibility index (Phi) is 6.28. The van der Waals surface area contributed by atoms with Crippen LogP contribution in [0.15, 0.2) is 53.4 Å². The van der Waals surface area contributed by atoms with Crippen molar-refractivity contribution in [3.8, 4) is 0 Å². The zero-order chi connectivity index (χ0) is 19.3. The van der Waals surface area contributed by atoms with Crippen molar-refractivity contribution in [1.82, 2.24) is 4.72 Å². The molecule has 0 aromatic heterocycles. The molecule has 1 amide bonds. The molecule has 0 fully saturated rings. The van der Waals surface area contributed by atoms with Crippen molar-refractivity contribution in [3.63, 3.8) is 0 Å². The lowest BCUT2D eigenvalue weighted by Gasteiger charge is -2.12. The standard InChI is InChI=1S/C19H22N2O4S/c1-4-13(2)21-26(24,25)18-11-7-16(8-12-18)19(23)20-17-9-5-15(6-10-17)14(3)22/h5-13,21H,4H2,1-3H3,(H,20,23). The Morgan fingerprint density at radius 3 is 2.00 bits per heavy atom. The largest absolute Gasteiger partial charge is 0.322 e. The molecule has 0 saturated carbocycles. The second kappa shape index (κ2) is 8.25. The van der Waals surface area contributed by atoms with E-state index in [2.05, 4.69) is 10.0 Å². The molecule has 0 aliphatic heterocycles. The number of ketones is 1. The SMILES string of the molecule is CCC(C)NS(=O)(=O)c1ccc(C(=O)Nc2ccc(C(C)=O)cc2)cc1.